The molecule has 0 amide bonds. The fourth-order valence-corrected chi connectivity index (χ4v) is 4.46. The van der Waals surface area contributed by atoms with Crippen molar-refractivity contribution in [2.75, 3.05) is 0 Å². The lowest BCUT2D eigenvalue weighted by Crippen LogP contribution is -2.39. The van der Waals surface area contributed by atoms with E-state index in [-0.39, 0.29) is 0 Å². The maximum Gasteiger partial charge on any atom is 0.00983 e. The standard InChI is InChI=1S/C13H23N/c14-13(10-3-1-2-4-10)12-8-9-5-6-11(12)7-9/h9-13H,1-8,14H2. The van der Waals surface area contributed by atoms with Gasteiger partial charge in [-0.1, -0.05) is 19.3 Å². The van der Waals surface area contributed by atoms with E-state index < -0.39 is 0 Å². The molecular weight excluding hydrogens is 170 g/mol. The topological polar surface area (TPSA) is 26.0 Å². The van der Waals surface area contributed by atoms with Crippen molar-refractivity contribution in [3.05, 3.63) is 0 Å². The number of fused-ring (bicyclic) bond motifs is 2. The van der Waals surface area contributed by atoms with Crippen LogP contribution in [0.5, 0.6) is 0 Å². The van der Waals surface area contributed by atoms with Gasteiger partial charge in [0.15, 0.2) is 0 Å². The van der Waals surface area contributed by atoms with Gasteiger partial charge in [-0.3, -0.25) is 0 Å². The van der Waals surface area contributed by atoms with Gasteiger partial charge in [-0.15, -0.1) is 0 Å². The van der Waals surface area contributed by atoms with E-state index in [1.54, 1.807) is 0 Å². The second-order valence-electron chi connectivity index (χ2n) is 5.96. The molecule has 0 radical (unpaired) electrons. The first-order valence-corrected chi connectivity index (χ1v) is 6.60. The molecule has 0 heterocycles. The summed E-state index contributed by atoms with van der Waals surface area (Å²) in [5, 5.41) is 0. The molecule has 3 aliphatic carbocycles. The highest BCUT2D eigenvalue weighted by atomic mass is 14.7. The number of rotatable bonds is 2. The van der Waals surface area contributed by atoms with Gasteiger partial charge in [0.25, 0.3) is 0 Å². The molecule has 1 nitrogen and oxygen atoms in total. The molecule has 4 atom stereocenters. The zero-order valence-electron chi connectivity index (χ0n) is 9.12. The summed E-state index contributed by atoms with van der Waals surface area (Å²) >= 11 is 0. The third-order valence-electron chi connectivity index (χ3n) is 5.23. The Morgan fingerprint density at radius 1 is 0.929 bits per heavy atom. The summed E-state index contributed by atoms with van der Waals surface area (Å²) in [5.41, 5.74) is 6.47. The van der Waals surface area contributed by atoms with Crippen LogP contribution in [0.1, 0.15) is 51.4 Å². The van der Waals surface area contributed by atoms with Gasteiger partial charge in [0.05, 0.1) is 0 Å². The normalized spacial score (nSPS) is 44.8. The van der Waals surface area contributed by atoms with Crippen molar-refractivity contribution < 1.29 is 0 Å². The maximum absolute atomic E-state index is 6.47. The van der Waals surface area contributed by atoms with Crippen LogP contribution in [-0.4, -0.2) is 6.04 Å². The van der Waals surface area contributed by atoms with Crippen LogP contribution >= 0.6 is 0 Å². The summed E-state index contributed by atoms with van der Waals surface area (Å²) in [6.07, 6.45) is 11.7. The summed E-state index contributed by atoms with van der Waals surface area (Å²) < 4.78 is 0. The third-order valence-corrected chi connectivity index (χ3v) is 5.23. The van der Waals surface area contributed by atoms with Gasteiger partial charge in [0.1, 0.15) is 0 Å². The quantitative estimate of drug-likeness (QED) is 0.717. The van der Waals surface area contributed by atoms with Crippen LogP contribution in [0.2, 0.25) is 0 Å². The SMILES string of the molecule is NC(C1CCCC1)C1CC2CCC1C2. The van der Waals surface area contributed by atoms with E-state index in [9.17, 15) is 0 Å². The molecule has 0 aliphatic heterocycles. The molecule has 1 heteroatoms. The van der Waals surface area contributed by atoms with Crippen LogP contribution in [-0.2, 0) is 0 Å². The Kier molecular flexibility index (Phi) is 2.31. The molecule has 4 unspecified atom stereocenters. The average molecular weight is 193 g/mol. The van der Waals surface area contributed by atoms with Crippen LogP contribution in [0.25, 0.3) is 0 Å². The fourth-order valence-electron chi connectivity index (χ4n) is 4.46. The molecule has 0 saturated heterocycles. The van der Waals surface area contributed by atoms with Crippen LogP contribution < -0.4 is 5.73 Å². The first-order valence-electron chi connectivity index (χ1n) is 6.60. The number of hydrogen-bond donors (Lipinski definition) is 1. The first kappa shape index (κ1) is 9.21. The lowest BCUT2D eigenvalue weighted by Gasteiger charge is -2.31. The van der Waals surface area contributed by atoms with Gasteiger partial charge in [-0.2, -0.15) is 0 Å². The summed E-state index contributed by atoms with van der Waals surface area (Å²) in [6, 6.07) is 0.563. The summed E-state index contributed by atoms with van der Waals surface area (Å²) in [4.78, 5) is 0. The van der Waals surface area contributed by atoms with E-state index >= 15 is 0 Å². The monoisotopic (exact) mass is 193 g/mol. The number of nitrogens with two attached hydrogens (primary N) is 1. The van der Waals surface area contributed by atoms with Gasteiger partial charge >= 0.3 is 0 Å². The van der Waals surface area contributed by atoms with Crippen molar-refractivity contribution in [2.45, 2.75) is 57.4 Å². The predicted molar refractivity (Wildman–Crippen MR) is 58.9 cm³/mol. The second-order valence-corrected chi connectivity index (χ2v) is 5.96. The molecule has 0 spiro atoms. The smallest absolute Gasteiger partial charge is 0.00983 e. The van der Waals surface area contributed by atoms with Gasteiger partial charge in [-0.25, -0.2) is 0 Å². The fraction of sp³-hybridized carbons (Fsp3) is 1.00. The lowest BCUT2D eigenvalue weighted by molar-refractivity contribution is 0.227. The third kappa shape index (κ3) is 1.41. The van der Waals surface area contributed by atoms with Crippen LogP contribution in [0, 0.1) is 23.7 Å². The molecule has 3 rings (SSSR count). The summed E-state index contributed by atoms with van der Waals surface area (Å²) in [6.45, 7) is 0. The maximum atomic E-state index is 6.47. The first-order chi connectivity index (χ1) is 6.84. The highest BCUT2D eigenvalue weighted by molar-refractivity contribution is 4.96. The van der Waals surface area contributed by atoms with E-state index in [4.69, 9.17) is 5.73 Å². The Labute approximate surface area is 87.4 Å². The second kappa shape index (κ2) is 3.52. The molecule has 3 aliphatic rings. The van der Waals surface area contributed by atoms with Crippen molar-refractivity contribution >= 4 is 0 Å². The van der Waals surface area contributed by atoms with Crippen molar-refractivity contribution in [1.29, 1.82) is 0 Å². The Balaban J connectivity index is 1.64. The largest absolute Gasteiger partial charge is 0.327 e. The van der Waals surface area contributed by atoms with Crippen molar-refractivity contribution in [3.8, 4) is 0 Å². The minimum atomic E-state index is 0.563. The molecule has 0 aromatic heterocycles. The molecule has 2 bridgehead atoms. The molecule has 14 heavy (non-hydrogen) atoms. The Morgan fingerprint density at radius 3 is 2.29 bits per heavy atom. The highest BCUT2D eigenvalue weighted by Gasteiger charge is 2.44. The average Bonchev–Trinajstić information content (AvgIpc) is 2.93. The van der Waals surface area contributed by atoms with Crippen molar-refractivity contribution in [3.63, 3.8) is 0 Å². The minimum Gasteiger partial charge on any atom is -0.327 e. The van der Waals surface area contributed by atoms with E-state index in [2.05, 4.69) is 0 Å². The molecule has 2 N–H and O–H groups in total. The van der Waals surface area contributed by atoms with Gasteiger partial charge in [0.2, 0.25) is 0 Å². The highest BCUT2D eigenvalue weighted by Crippen LogP contribution is 2.51. The van der Waals surface area contributed by atoms with E-state index in [0.29, 0.717) is 6.04 Å². The van der Waals surface area contributed by atoms with Gasteiger partial charge in [-0.05, 0) is 55.8 Å². The Hall–Kier alpha value is -0.0400. The van der Waals surface area contributed by atoms with Gasteiger partial charge in [0, 0.05) is 6.04 Å². The van der Waals surface area contributed by atoms with Crippen LogP contribution in [0.4, 0.5) is 0 Å². The molecule has 0 aromatic carbocycles. The zero-order valence-corrected chi connectivity index (χ0v) is 9.12. The Bertz CT molecular complexity index is 207. The minimum absolute atomic E-state index is 0.563. The molecule has 80 valence electrons. The van der Waals surface area contributed by atoms with E-state index in [0.717, 1.165) is 23.7 Å². The van der Waals surface area contributed by atoms with Crippen LogP contribution in [0.3, 0.4) is 0 Å². The summed E-state index contributed by atoms with van der Waals surface area (Å²) in [5.74, 6) is 3.89. The van der Waals surface area contributed by atoms with E-state index in [1.807, 2.05) is 0 Å². The molecule has 3 fully saturated rings. The zero-order chi connectivity index (χ0) is 9.54. The van der Waals surface area contributed by atoms with Crippen molar-refractivity contribution in [2.24, 2.45) is 29.4 Å². The van der Waals surface area contributed by atoms with Gasteiger partial charge < -0.3 is 5.73 Å². The van der Waals surface area contributed by atoms with Crippen molar-refractivity contribution in [1.82, 2.24) is 0 Å². The molecule has 0 aromatic rings. The summed E-state index contributed by atoms with van der Waals surface area (Å²) in [7, 11) is 0. The molecular formula is C13H23N. The van der Waals surface area contributed by atoms with Crippen LogP contribution in [0.15, 0.2) is 0 Å². The lowest BCUT2D eigenvalue weighted by atomic mass is 9.78. The van der Waals surface area contributed by atoms with E-state index in [1.165, 1.54) is 51.4 Å². The predicted octanol–water partition coefficient (Wildman–Crippen LogP) is 2.94. The number of hydrogen-bond acceptors (Lipinski definition) is 1. The molecule has 3 saturated carbocycles. The Morgan fingerprint density at radius 2 is 1.71 bits per heavy atom.